The zero-order valence-corrected chi connectivity index (χ0v) is 13.8. The first-order chi connectivity index (χ1) is 12.2. The fourth-order valence-corrected chi connectivity index (χ4v) is 2.61. The van der Waals surface area contributed by atoms with E-state index in [9.17, 15) is 9.18 Å². The summed E-state index contributed by atoms with van der Waals surface area (Å²) in [6.45, 7) is 1.07. The summed E-state index contributed by atoms with van der Waals surface area (Å²) < 4.78 is 24.3. The number of hydrogen-bond acceptors (Lipinski definition) is 6. The van der Waals surface area contributed by atoms with Crippen LogP contribution >= 0.6 is 0 Å². The summed E-state index contributed by atoms with van der Waals surface area (Å²) in [6, 6.07) is 5.71. The van der Waals surface area contributed by atoms with E-state index >= 15 is 0 Å². The maximum Gasteiger partial charge on any atom is 0.260 e. The van der Waals surface area contributed by atoms with Crippen molar-refractivity contribution in [2.24, 2.45) is 0 Å². The molecule has 7 nitrogen and oxygen atoms in total. The average Bonchev–Trinajstić information content (AvgIpc) is 2.66. The van der Waals surface area contributed by atoms with Crippen molar-refractivity contribution in [1.29, 1.82) is 0 Å². The van der Waals surface area contributed by atoms with Gasteiger partial charge in [-0.25, -0.2) is 9.37 Å². The molecule has 0 bridgehead atoms. The molecule has 0 radical (unpaired) electrons. The molecule has 0 spiro atoms. The van der Waals surface area contributed by atoms with Crippen LogP contribution in [0, 0.1) is 5.82 Å². The van der Waals surface area contributed by atoms with E-state index in [0.29, 0.717) is 37.0 Å². The molecule has 8 heteroatoms. The molecule has 1 fully saturated rings. The SMILES string of the molecule is CNc1nccnc1C1CN(C(=O)COc2cccc(F)c2)CCO1. The lowest BCUT2D eigenvalue weighted by molar-refractivity contribution is -0.141. The molecule has 25 heavy (non-hydrogen) atoms. The van der Waals surface area contributed by atoms with Gasteiger partial charge in [-0.15, -0.1) is 0 Å². The van der Waals surface area contributed by atoms with Crippen molar-refractivity contribution >= 4 is 11.7 Å². The van der Waals surface area contributed by atoms with Gasteiger partial charge in [-0.05, 0) is 12.1 Å². The summed E-state index contributed by atoms with van der Waals surface area (Å²) in [4.78, 5) is 22.6. The smallest absolute Gasteiger partial charge is 0.260 e. The number of rotatable bonds is 5. The summed E-state index contributed by atoms with van der Waals surface area (Å²) in [7, 11) is 1.76. The van der Waals surface area contributed by atoms with Crippen LogP contribution in [-0.4, -0.2) is 54.1 Å². The predicted molar refractivity (Wildman–Crippen MR) is 88.7 cm³/mol. The number of ether oxygens (including phenoxy) is 2. The molecular weight excluding hydrogens is 327 g/mol. The second-order valence-corrected chi connectivity index (χ2v) is 5.49. The first kappa shape index (κ1) is 17.1. The quantitative estimate of drug-likeness (QED) is 0.887. The summed E-state index contributed by atoms with van der Waals surface area (Å²) in [5, 5.41) is 2.97. The molecule has 1 amide bonds. The number of nitrogens with one attached hydrogen (secondary N) is 1. The highest BCUT2D eigenvalue weighted by Crippen LogP contribution is 2.25. The molecule has 1 atom stereocenters. The first-order valence-corrected chi connectivity index (χ1v) is 7.94. The Balaban J connectivity index is 1.61. The zero-order chi connectivity index (χ0) is 17.6. The van der Waals surface area contributed by atoms with E-state index in [-0.39, 0.29) is 18.6 Å². The fraction of sp³-hybridized carbons (Fsp3) is 0.353. The van der Waals surface area contributed by atoms with E-state index in [4.69, 9.17) is 9.47 Å². The summed E-state index contributed by atoms with van der Waals surface area (Å²) in [5.41, 5.74) is 0.661. The molecule has 1 saturated heterocycles. The number of hydrogen-bond donors (Lipinski definition) is 1. The van der Waals surface area contributed by atoms with E-state index in [1.54, 1.807) is 30.4 Å². The Hall–Kier alpha value is -2.74. The number of benzene rings is 1. The Labute approximate surface area is 144 Å². The molecule has 1 unspecified atom stereocenters. The Morgan fingerprint density at radius 3 is 3.08 bits per heavy atom. The highest BCUT2D eigenvalue weighted by molar-refractivity contribution is 5.78. The predicted octanol–water partition coefficient (Wildman–Crippen LogP) is 1.64. The minimum atomic E-state index is -0.404. The number of nitrogens with zero attached hydrogens (tertiary/aromatic N) is 3. The van der Waals surface area contributed by atoms with Crippen molar-refractivity contribution in [2.45, 2.75) is 6.10 Å². The molecule has 1 aromatic carbocycles. The van der Waals surface area contributed by atoms with Crippen molar-refractivity contribution < 1.29 is 18.7 Å². The topological polar surface area (TPSA) is 76.6 Å². The monoisotopic (exact) mass is 346 g/mol. The van der Waals surface area contributed by atoms with E-state index in [2.05, 4.69) is 15.3 Å². The number of anilines is 1. The van der Waals surface area contributed by atoms with Gasteiger partial charge in [0.2, 0.25) is 0 Å². The Kier molecular flexibility index (Phi) is 5.39. The van der Waals surface area contributed by atoms with Crippen LogP contribution in [0.4, 0.5) is 10.2 Å². The molecule has 0 saturated carbocycles. The highest BCUT2D eigenvalue weighted by atomic mass is 19.1. The molecule has 0 aliphatic carbocycles. The van der Waals surface area contributed by atoms with Crippen molar-refractivity contribution in [3.63, 3.8) is 0 Å². The van der Waals surface area contributed by atoms with Gasteiger partial charge in [-0.3, -0.25) is 9.78 Å². The normalized spacial score (nSPS) is 17.2. The molecular formula is C17H19FN4O3. The van der Waals surface area contributed by atoms with Crippen LogP contribution in [0.15, 0.2) is 36.7 Å². The lowest BCUT2D eigenvalue weighted by Crippen LogP contribution is -2.44. The minimum absolute atomic E-state index is 0.157. The summed E-state index contributed by atoms with van der Waals surface area (Å²) in [5.74, 6) is 0.355. The molecule has 3 rings (SSSR count). The lowest BCUT2D eigenvalue weighted by Gasteiger charge is -2.33. The fourth-order valence-electron chi connectivity index (χ4n) is 2.61. The molecule has 1 N–H and O–H groups in total. The number of halogens is 1. The Bertz CT molecular complexity index is 743. The third-order valence-corrected chi connectivity index (χ3v) is 3.85. The number of amides is 1. The van der Waals surface area contributed by atoms with Crippen LogP contribution in [0.3, 0.4) is 0 Å². The number of morpholine rings is 1. The second-order valence-electron chi connectivity index (χ2n) is 5.49. The molecule has 1 aliphatic heterocycles. The van der Waals surface area contributed by atoms with Crippen LogP contribution in [-0.2, 0) is 9.53 Å². The van der Waals surface area contributed by atoms with Crippen LogP contribution in [0.5, 0.6) is 5.75 Å². The van der Waals surface area contributed by atoms with Crippen LogP contribution in [0.1, 0.15) is 11.8 Å². The van der Waals surface area contributed by atoms with Crippen LogP contribution in [0.25, 0.3) is 0 Å². The van der Waals surface area contributed by atoms with Gasteiger partial charge < -0.3 is 19.7 Å². The maximum absolute atomic E-state index is 13.1. The third-order valence-electron chi connectivity index (χ3n) is 3.85. The van der Waals surface area contributed by atoms with Crippen LogP contribution in [0.2, 0.25) is 0 Å². The van der Waals surface area contributed by atoms with Crippen molar-refractivity contribution in [3.8, 4) is 5.75 Å². The van der Waals surface area contributed by atoms with Gasteiger partial charge in [-0.1, -0.05) is 6.07 Å². The van der Waals surface area contributed by atoms with Crippen molar-refractivity contribution in [2.75, 3.05) is 38.7 Å². The van der Waals surface area contributed by atoms with E-state index in [0.717, 1.165) is 0 Å². The Morgan fingerprint density at radius 2 is 2.28 bits per heavy atom. The summed E-state index contributed by atoms with van der Waals surface area (Å²) in [6.07, 6.45) is 2.82. The first-order valence-electron chi connectivity index (χ1n) is 7.94. The van der Waals surface area contributed by atoms with Crippen molar-refractivity contribution in [1.82, 2.24) is 14.9 Å². The maximum atomic E-state index is 13.1. The molecule has 1 aliphatic rings. The van der Waals surface area contributed by atoms with Gasteiger partial charge in [0.15, 0.2) is 6.61 Å². The minimum Gasteiger partial charge on any atom is -0.484 e. The number of aromatic nitrogens is 2. The molecule has 2 aromatic rings. The zero-order valence-electron chi connectivity index (χ0n) is 13.8. The van der Waals surface area contributed by atoms with E-state index in [1.807, 2.05) is 0 Å². The van der Waals surface area contributed by atoms with Crippen molar-refractivity contribution in [3.05, 3.63) is 48.2 Å². The molecule has 132 valence electrons. The Morgan fingerprint density at radius 1 is 1.44 bits per heavy atom. The third kappa shape index (κ3) is 4.21. The lowest BCUT2D eigenvalue weighted by atomic mass is 10.2. The van der Waals surface area contributed by atoms with Crippen LogP contribution < -0.4 is 10.1 Å². The summed E-state index contributed by atoms with van der Waals surface area (Å²) >= 11 is 0. The van der Waals surface area contributed by atoms with Gasteiger partial charge in [-0.2, -0.15) is 0 Å². The van der Waals surface area contributed by atoms with Gasteiger partial charge in [0.05, 0.1) is 13.2 Å². The van der Waals surface area contributed by atoms with Gasteiger partial charge in [0, 0.05) is 32.1 Å². The molecule has 1 aromatic heterocycles. The number of carbonyl (C=O) groups is 1. The van der Waals surface area contributed by atoms with E-state index < -0.39 is 5.82 Å². The van der Waals surface area contributed by atoms with Gasteiger partial charge in [0.25, 0.3) is 5.91 Å². The van der Waals surface area contributed by atoms with E-state index in [1.165, 1.54) is 18.2 Å². The molecule has 2 heterocycles. The van der Waals surface area contributed by atoms with Gasteiger partial charge in [0.1, 0.15) is 29.2 Å². The second kappa shape index (κ2) is 7.89. The highest BCUT2D eigenvalue weighted by Gasteiger charge is 2.28. The largest absolute Gasteiger partial charge is 0.484 e. The van der Waals surface area contributed by atoms with Gasteiger partial charge >= 0.3 is 0 Å². The average molecular weight is 346 g/mol. The number of carbonyl (C=O) groups excluding carboxylic acids is 1. The standard InChI is InChI=1S/C17H19FN4O3/c1-19-17-16(20-5-6-21-17)14-10-22(7-8-24-14)15(23)11-25-13-4-2-3-12(18)9-13/h2-6,9,14H,7-8,10-11H2,1H3,(H,19,21).